The highest BCUT2D eigenvalue weighted by atomic mass is 35.5. The van der Waals surface area contributed by atoms with Crippen molar-refractivity contribution in [3.8, 4) is 11.5 Å². The van der Waals surface area contributed by atoms with Crippen LogP contribution in [0.4, 0.5) is 5.69 Å². The fourth-order valence-corrected chi connectivity index (χ4v) is 4.05. The van der Waals surface area contributed by atoms with E-state index in [0.717, 1.165) is 6.42 Å². The van der Waals surface area contributed by atoms with E-state index in [2.05, 4.69) is 0 Å². The second-order valence-corrected chi connectivity index (χ2v) is 8.14. The maximum atomic E-state index is 13.5. The highest BCUT2D eigenvalue weighted by Crippen LogP contribution is 2.38. The van der Waals surface area contributed by atoms with E-state index in [1.165, 1.54) is 12.0 Å². The van der Waals surface area contributed by atoms with Crippen molar-refractivity contribution in [3.05, 3.63) is 68.9 Å². The molecule has 0 saturated carbocycles. The number of anilines is 1. The highest BCUT2D eigenvalue weighted by molar-refractivity contribution is 6.35. The number of hydrogen-bond donors (Lipinski definition) is 0. The molecule has 0 aromatic heterocycles. The molecule has 0 radical (unpaired) electrons. The average molecular weight is 490 g/mol. The molecule has 6 nitrogen and oxygen atoms in total. The normalized spacial score (nSPS) is 14.8. The number of esters is 1. The highest BCUT2D eigenvalue weighted by Gasteiger charge is 2.38. The van der Waals surface area contributed by atoms with Crippen LogP contribution in [-0.4, -0.2) is 32.2 Å². The third-order valence-corrected chi connectivity index (χ3v) is 5.37. The molecule has 0 atom stereocenters. The van der Waals surface area contributed by atoms with Crippen LogP contribution >= 0.6 is 23.2 Å². The summed E-state index contributed by atoms with van der Waals surface area (Å²) in [6, 6.07) is 10.2. The molecular formula is C25H25Cl2NO5. The number of amides is 1. The Bertz CT molecular complexity index is 1120. The van der Waals surface area contributed by atoms with Gasteiger partial charge in [0.1, 0.15) is 0 Å². The predicted octanol–water partition coefficient (Wildman–Crippen LogP) is 6.06. The lowest BCUT2D eigenvalue weighted by Crippen LogP contribution is -2.24. The molecular weight excluding hydrogens is 465 g/mol. The summed E-state index contributed by atoms with van der Waals surface area (Å²) in [4.78, 5) is 27.5. The molecule has 0 aliphatic carbocycles. The van der Waals surface area contributed by atoms with Gasteiger partial charge in [-0.25, -0.2) is 4.79 Å². The van der Waals surface area contributed by atoms with Gasteiger partial charge in [-0.2, -0.15) is 0 Å². The van der Waals surface area contributed by atoms with Crippen LogP contribution in [0, 0.1) is 0 Å². The molecule has 1 heterocycles. The Balaban J connectivity index is 2.10. The fraction of sp³-hybridized carbons (Fsp3) is 0.280. The lowest BCUT2D eigenvalue weighted by atomic mass is 10.0. The fourth-order valence-electron chi connectivity index (χ4n) is 3.54. The van der Waals surface area contributed by atoms with Gasteiger partial charge in [-0.1, -0.05) is 36.2 Å². The molecule has 0 saturated heterocycles. The Morgan fingerprint density at radius 3 is 2.33 bits per heavy atom. The third-order valence-electron chi connectivity index (χ3n) is 4.94. The largest absolute Gasteiger partial charge is 0.490 e. The average Bonchev–Trinajstić information content (AvgIpc) is 3.01. The van der Waals surface area contributed by atoms with E-state index in [9.17, 15) is 9.59 Å². The number of carbonyl (C=O) groups excluding carboxylic acids is 2. The Kier molecular flexibility index (Phi) is 8.06. The van der Waals surface area contributed by atoms with Crippen molar-refractivity contribution < 1.29 is 23.8 Å². The molecule has 0 bridgehead atoms. The van der Waals surface area contributed by atoms with Crippen molar-refractivity contribution in [2.24, 2.45) is 0 Å². The summed E-state index contributed by atoms with van der Waals surface area (Å²) in [5, 5.41) is 0.748. The molecule has 1 amide bonds. The summed E-state index contributed by atoms with van der Waals surface area (Å²) in [5.74, 6) is 0.171. The molecule has 0 fully saturated rings. The standard InChI is InChI=1S/C25H25Cl2NO5/c1-5-9-33-21-8-7-16(11-22(21)32-6-2)10-20-23(25(30)31-4)15(3)28(24(20)29)19-13-17(26)12-18(27)14-19/h7-8,10-14H,5-6,9H2,1-4H3/b20-10-. The molecule has 2 aromatic rings. The lowest BCUT2D eigenvalue weighted by Gasteiger charge is -2.18. The van der Waals surface area contributed by atoms with Crippen LogP contribution in [0.15, 0.2) is 53.2 Å². The molecule has 33 heavy (non-hydrogen) atoms. The summed E-state index contributed by atoms with van der Waals surface area (Å²) in [7, 11) is 1.27. The molecule has 1 aliphatic rings. The van der Waals surface area contributed by atoms with Crippen LogP contribution in [0.2, 0.25) is 10.0 Å². The number of nitrogens with zero attached hydrogens (tertiary/aromatic N) is 1. The Morgan fingerprint density at radius 2 is 1.73 bits per heavy atom. The van der Waals surface area contributed by atoms with Crippen molar-refractivity contribution >= 4 is 46.8 Å². The number of hydrogen-bond acceptors (Lipinski definition) is 5. The number of methoxy groups -OCH3 is 1. The van der Waals surface area contributed by atoms with Crippen molar-refractivity contribution in [2.75, 3.05) is 25.2 Å². The first-order chi connectivity index (χ1) is 15.8. The number of ether oxygens (including phenoxy) is 3. The van der Waals surface area contributed by atoms with Crippen LogP contribution in [0.1, 0.15) is 32.8 Å². The van der Waals surface area contributed by atoms with E-state index in [-0.39, 0.29) is 11.1 Å². The van der Waals surface area contributed by atoms with Crippen molar-refractivity contribution in [1.29, 1.82) is 0 Å². The monoisotopic (exact) mass is 489 g/mol. The third kappa shape index (κ3) is 5.34. The molecule has 0 spiro atoms. The Morgan fingerprint density at radius 1 is 1.03 bits per heavy atom. The summed E-state index contributed by atoms with van der Waals surface area (Å²) >= 11 is 12.3. The number of halogens is 2. The van der Waals surface area contributed by atoms with Gasteiger partial charge in [-0.05, 0) is 62.2 Å². The van der Waals surface area contributed by atoms with E-state index in [4.69, 9.17) is 37.4 Å². The van der Waals surface area contributed by atoms with Crippen molar-refractivity contribution in [3.63, 3.8) is 0 Å². The molecule has 174 valence electrons. The van der Waals surface area contributed by atoms with Crippen molar-refractivity contribution in [1.82, 2.24) is 0 Å². The van der Waals surface area contributed by atoms with Gasteiger partial charge >= 0.3 is 5.97 Å². The minimum atomic E-state index is -0.615. The van der Waals surface area contributed by atoms with Crippen LogP contribution in [0.5, 0.6) is 11.5 Å². The van der Waals surface area contributed by atoms with Gasteiger partial charge in [0.15, 0.2) is 11.5 Å². The van der Waals surface area contributed by atoms with Gasteiger partial charge in [0.25, 0.3) is 5.91 Å². The zero-order chi connectivity index (χ0) is 24.1. The molecule has 2 aromatic carbocycles. The maximum Gasteiger partial charge on any atom is 0.340 e. The zero-order valence-corrected chi connectivity index (χ0v) is 20.4. The van der Waals surface area contributed by atoms with E-state index in [1.54, 1.807) is 49.4 Å². The number of rotatable bonds is 8. The number of allylic oxidation sites excluding steroid dienone is 1. The molecule has 0 unspecified atom stereocenters. The van der Waals surface area contributed by atoms with Gasteiger partial charge in [0.05, 0.1) is 37.2 Å². The first-order valence-corrected chi connectivity index (χ1v) is 11.3. The van der Waals surface area contributed by atoms with Crippen LogP contribution in [0.25, 0.3) is 6.08 Å². The van der Waals surface area contributed by atoms with E-state index in [1.807, 2.05) is 13.8 Å². The minimum Gasteiger partial charge on any atom is -0.490 e. The van der Waals surface area contributed by atoms with E-state index >= 15 is 0 Å². The first-order valence-electron chi connectivity index (χ1n) is 10.5. The maximum absolute atomic E-state index is 13.5. The Hall–Kier alpha value is -2.96. The smallest absolute Gasteiger partial charge is 0.340 e. The first kappa shape index (κ1) is 24.7. The molecule has 1 aliphatic heterocycles. The van der Waals surface area contributed by atoms with Crippen LogP contribution in [-0.2, 0) is 14.3 Å². The van der Waals surface area contributed by atoms with Gasteiger partial charge in [0, 0.05) is 15.7 Å². The zero-order valence-electron chi connectivity index (χ0n) is 18.9. The molecule has 8 heteroatoms. The quantitative estimate of drug-likeness (QED) is 0.333. The van der Waals surface area contributed by atoms with Crippen LogP contribution < -0.4 is 14.4 Å². The van der Waals surface area contributed by atoms with Gasteiger partial charge in [-0.15, -0.1) is 0 Å². The predicted molar refractivity (Wildman–Crippen MR) is 130 cm³/mol. The number of carbonyl (C=O) groups is 2. The molecule has 3 rings (SSSR count). The van der Waals surface area contributed by atoms with E-state index < -0.39 is 11.9 Å². The minimum absolute atomic E-state index is 0.169. The second kappa shape index (κ2) is 10.8. The second-order valence-electron chi connectivity index (χ2n) is 7.27. The lowest BCUT2D eigenvalue weighted by molar-refractivity contribution is -0.136. The summed E-state index contributed by atoms with van der Waals surface area (Å²) < 4.78 is 16.4. The SMILES string of the molecule is CCCOc1ccc(/C=C2\C(=O)N(c3cc(Cl)cc(Cl)c3)C(C)=C2C(=O)OC)cc1OCC. The summed E-state index contributed by atoms with van der Waals surface area (Å²) in [6.07, 6.45) is 2.50. The number of benzene rings is 2. The van der Waals surface area contributed by atoms with Gasteiger partial charge in [-0.3, -0.25) is 9.69 Å². The van der Waals surface area contributed by atoms with Gasteiger partial charge in [0.2, 0.25) is 0 Å². The summed E-state index contributed by atoms with van der Waals surface area (Å²) in [5.41, 5.74) is 1.91. The summed E-state index contributed by atoms with van der Waals surface area (Å²) in [6.45, 7) is 6.59. The van der Waals surface area contributed by atoms with Crippen LogP contribution in [0.3, 0.4) is 0 Å². The van der Waals surface area contributed by atoms with E-state index in [0.29, 0.717) is 51.7 Å². The molecule has 0 N–H and O–H groups in total. The Labute approximate surface area is 203 Å². The topological polar surface area (TPSA) is 65.1 Å². The van der Waals surface area contributed by atoms with Gasteiger partial charge < -0.3 is 14.2 Å². The van der Waals surface area contributed by atoms with Crippen molar-refractivity contribution in [2.45, 2.75) is 27.2 Å².